The number of hydrogen-bond acceptors (Lipinski definition) is 13. The molecule has 37 heavy (non-hydrogen) atoms. The molecule has 0 unspecified atom stereocenters. The van der Waals surface area contributed by atoms with E-state index in [1.165, 1.54) is 29.2 Å². The molecule has 0 amide bonds. The van der Waals surface area contributed by atoms with Gasteiger partial charge in [-0.3, -0.25) is 10.1 Å². The van der Waals surface area contributed by atoms with Crippen LogP contribution in [0.15, 0.2) is 53.9 Å². The van der Waals surface area contributed by atoms with Crippen LogP contribution in [0, 0.1) is 0 Å². The van der Waals surface area contributed by atoms with Crippen molar-refractivity contribution >= 4 is 22.9 Å². The van der Waals surface area contributed by atoms with E-state index in [0.29, 0.717) is 61.9 Å². The SMILES string of the molecule is c1ccc(-c2c[nH]c(-c3[nH]nnc3-c3csnc3-c3ncnc(-c4nccs4)c3-c3nnn[nH]3)n2)nc1. The molecule has 0 radical (unpaired) electrons. The van der Waals surface area contributed by atoms with Crippen LogP contribution < -0.4 is 0 Å². The number of nitrogens with zero attached hydrogens (tertiary/aromatic N) is 11. The Morgan fingerprint density at radius 1 is 0.784 bits per heavy atom. The fraction of sp³-hybridized carbons (Fsp3) is 0. The van der Waals surface area contributed by atoms with Crippen LogP contribution in [0.5, 0.6) is 0 Å². The van der Waals surface area contributed by atoms with Gasteiger partial charge in [-0.05, 0) is 34.1 Å². The van der Waals surface area contributed by atoms with E-state index in [-0.39, 0.29) is 0 Å². The van der Waals surface area contributed by atoms with Crippen molar-refractivity contribution in [2.75, 3.05) is 0 Å². The van der Waals surface area contributed by atoms with Gasteiger partial charge >= 0.3 is 0 Å². The Morgan fingerprint density at radius 2 is 1.76 bits per heavy atom. The Labute approximate surface area is 214 Å². The Morgan fingerprint density at radius 3 is 2.59 bits per heavy atom. The molecule has 0 aliphatic rings. The molecular formula is C21H12N14S2. The molecule has 0 aliphatic carbocycles. The molecular weight excluding hydrogens is 512 g/mol. The number of imidazole rings is 1. The topological polar surface area (TPSA) is 189 Å². The van der Waals surface area contributed by atoms with Crippen molar-refractivity contribution in [2.24, 2.45) is 0 Å². The predicted octanol–water partition coefficient (Wildman–Crippen LogP) is 3.14. The Bertz CT molecular complexity index is 1780. The van der Waals surface area contributed by atoms with E-state index >= 15 is 0 Å². The van der Waals surface area contributed by atoms with Crippen LogP contribution in [0.4, 0.5) is 0 Å². The van der Waals surface area contributed by atoms with Crippen LogP contribution in [0.3, 0.4) is 0 Å². The number of aromatic nitrogens is 14. The molecule has 0 atom stereocenters. The molecule has 0 saturated carbocycles. The lowest BCUT2D eigenvalue weighted by molar-refractivity contribution is 0.881. The second-order valence-electron chi connectivity index (χ2n) is 7.49. The zero-order valence-corrected chi connectivity index (χ0v) is 20.1. The maximum Gasteiger partial charge on any atom is 0.184 e. The summed E-state index contributed by atoms with van der Waals surface area (Å²) in [4.78, 5) is 25.7. The summed E-state index contributed by atoms with van der Waals surface area (Å²) in [5.41, 5.74) is 5.58. The summed E-state index contributed by atoms with van der Waals surface area (Å²) in [6, 6.07) is 5.66. The van der Waals surface area contributed by atoms with Gasteiger partial charge in [-0.15, -0.1) is 21.5 Å². The summed E-state index contributed by atoms with van der Waals surface area (Å²) in [6.45, 7) is 0. The molecule has 3 N–H and O–H groups in total. The van der Waals surface area contributed by atoms with Gasteiger partial charge in [0.05, 0.1) is 11.3 Å². The monoisotopic (exact) mass is 524 g/mol. The number of hydrogen-bond donors (Lipinski definition) is 3. The summed E-state index contributed by atoms with van der Waals surface area (Å²) in [7, 11) is 0. The molecule has 0 bridgehead atoms. The van der Waals surface area contributed by atoms with E-state index < -0.39 is 0 Å². The average molecular weight is 525 g/mol. The highest BCUT2D eigenvalue weighted by atomic mass is 32.1. The molecule has 0 aromatic carbocycles. The molecule has 7 aromatic heterocycles. The minimum Gasteiger partial charge on any atom is -0.343 e. The maximum atomic E-state index is 4.69. The minimum atomic E-state index is 0.395. The average Bonchev–Trinajstić information content (AvgIpc) is 3.76. The fourth-order valence-corrected chi connectivity index (χ4v) is 5.12. The van der Waals surface area contributed by atoms with Gasteiger partial charge in [-0.25, -0.2) is 25.0 Å². The van der Waals surface area contributed by atoms with Crippen molar-refractivity contribution in [3.05, 3.63) is 53.9 Å². The molecule has 0 aliphatic heterocycles. The first-order valence-corrected chi connectivity index (χ1v) is 12.4. The summed E-state index contributed by atoms with van der Waals surface area (Å²) < 4.78 is 4.65. The molecule has 178 valence electrons. The van der Waals surface area contributed by atoms with Gasteiger partial charge in [0.15, 0.2) is 11.6 Å². The molecule has 7 heterocycles. The zero-order valence-electron chi connectivity index (χ0n) is 18.4. The maximum absolute atomic E-state index is 4.69. The van der Waals surface area contributed by atoms with Crippen molar-refractivity contribution in [2.45, 2.75) is 0 Å². The van der Waals surface area contributed by atoms with Gasteiger partial charge in [-0.1, -0.05) is 11.3 Å². The van der Waals surface area contributed by atoms with Crippen LogP contribution in [0.2, 0.25) is 0 Å². The quantitative estimate of drug-likeness (QED) is 0.290. The summed E-state index contributed by atoms with van der Waals surface area (Å²) in [6.07, 6.45) is 6.69. The lowest BCUT2D eigenvalue weighted by Crippen LogP contribution is -1.99. The van der Waals surface area contributed by atoms with Crippen molar-refractivity contribution < 1.29 is 0 Å². The highest BCUT2D eigenvalue weighted by Crippen LogP contribution is 2.41. The van der Waals surface area contributed by atoms with Crippen molar-refractivity contribution in [3.63, 3.8) is 0 Å². The summed E-state index contributed by atoms with van der Waals surface area (Å²) >= 11 is 2.72. The van der Waals surface area contributed by atoms with Gasteiger partial charge in [0.1, 0.15) is 45.5 Å². The molecule has 7 rings (SSSR count). The largest absolute Gasteiger partial charge is 0.343 e. The number of rotatable bonds is 6. The normalized spacial score (nSPS) is 11.2. The van der Waals surface area contributed by atoms with Crippen molar-refractivity contribution in [3.8, 4) is 67.6 Å². The van der Waals surface area contributed by atoms with Gasteiger partial charge in [0.25, 0.3) is 0 Å². The predicted molar refractivity (Wildman–Crippen MR) is 134 cm³/mol. The molecule has 0 saturated heterocycles. The van der Waals surface area contributed by atoms with Crippen LogP contribution in [-0.4, -0.2) is 70.3 Å². The summed E-state index contributed by atoms with van der Waals surface area (Å²) in [5, 5.41) is 30.2. The van der Waals surface area contributed by atoms with Gasteiger partial charge < -0.3 is 4.98 Å². The first kappa shape index (κ1) is 21.2. The van der Waals surface area contributed by atoms with Crippen LogP contribution >= 0.6 is 22.9 Å². The van der Waals surface area contributed by atoms with E-state index in [2.05, 4.69) is 65.3 Å². The fourth-order valence-electron chi connectivity index (χ4n) is 3.81. The molecule has 0 fully saturated rings. The molecule has 7 aromatic rings. The second kappa shape index (κ2) is 8.85. The smallest absolute Gasteiger partial charge is 0.184 e. The third-order valence-electron chi connectivity index (χ3n) is 5.40. The second-order valence-corrected chi connectivity index (χ2v) is 9.02. The zero-order chi connectivity index (χ0) is 24.6. The first-order valence-electron chi connectivity index (χ1n) is 10.7. The van der Waals surface area contributed by atoms with Crippen LogP contribution in [0.1, 0.15) is 0 Å². The number of tetrazole rings is 1. The van der Waals surface area contributed by atoms with E-state index in [9.17, 15) is 0 Å². The first-order chi connectivity index (χ1) is 18.4. The molecule has 0 spiro atoms. The van der Waals surface area contributed by atoms with E-state index in [1.54, 1.807) is 18.6 Å². The number of aromatic amines is 3. The lowest BCUT2D eigenvalue weighted by Gasteiger charge is -2.09. The van der Waals surface area contributed by atoms with Gasteiger partial charge in [0, 0.05) is 34.9 Å². The standard InChI is InChI=1S/C21H12N14S2/c1-2-4-22-11(3-1)12-7-24-20(27-12)18-14(28-33-29-18)10-8-37-32-15(10)16-13(19-30-34-35-31-19)17(26-9-25-16)21-23-5-6-36-21/h1-9H,(H,24,27)(H,28,29,33)(H,30,31,34,35). The third kappa shape index (κ3) is 3.67. The number of pyridine rings is 1. The lowest BCUT2D eigenvalue weighted by atomic mass is 10.0. The number of thiazole rings is 1. The van der Waals surface area contributed by atoms with E-state index in [1.807, 2.05) is 29.0 Å². The van der Waals surface area contributed by atoms with Gasteiger partial charge in [0.2, 0.25) is 0 Å². The Hall–Kier alpha value is -5.09. The Kier molecular flexibility index (Phi) is 5.07. The van der Waals surface area contributed by atoms with E-state index in [0.717, 1.165) is 5.69 Å². The van der Waals surface area contributed by atoms with Crippen molar-refractivity contribution in [1.82, 2.24) is 70.3 Å². The Balaban J connectivity index is 1.37. The highest BCUT2D eigenvalue weighted by Gasteiger charge is 2.27. The highest BCUT2D eigenvalue weighted by molar-refractivity contribution is 7.13. The van der Waals surface area contributed by atoms with E-state index in [4.69, 9.17) is 4.98 Å². The number of H-pyrrole nitrogens is 3. The third-order valence-corrected chi connectivity index (χ3v) is 6.81. The van der Waals surface area contributed by atoms with Crippen LogP contribution in [-0.2, 0) is 0 Å². The van der Waals surface area contributed by atoms with Crippen molar-refractivity contribution in [1.29, 1.82) is 0 Å². The molecule has 14 nitrogen and oxygen atoms in total. The minimum absolute atomic E-state index is 0.395. The molecule has 16 heteroatoms. The summed E-state index contributed by atoms with van der Waals surface area (Å²) in [5.74, 6) is 0.954. The van der Waals surface area contributed by atoms with Crippen LogP contribution in [0.25, 0.3) is 67.6 Å². The van der Waals surface area contributed by atoms with Gasteiger partial charge in [-0.2, -0.15) is 4.37 Å². The number of nitrogens with one attached hydrogen (secondary N) is 3.